The summed E-state index contributed by atoms with van der Waals surface area (Å²) >= 11 is 0. The van der Waals surface area contributed by atoms with Gasteiger partial charge < -0.3 is 5.84 Å². The van der Waals surface area contributed by atoms with Gasteiger partial charge in [0, 0.05) is 12.4 Å². The van der Waals surface area contributed by atoms with Gasteiger partial charge in [-0.25, -0.2) is 10.1 Å². The van der Waals surface area contributed by atoms with E-state index in [0.29, 0.717) is 5.95 Å². The van der Waals surface area contributed by atoms with Gasteiger partial charge in [-0.1, -0.05) is 0 Å². The molecule has 0 spiro atoms. The highest BCUT2D eigenvalue weighted by Gasteiger charge is 1.96. The predicted molar refractivity (Wildman–Crippen MR) is 55.6 cm³/mol. The predicted octanol–water partition coefficient (Wildman–Crippen LogP) is -0.167. The zero-order valence-corrected chi connectivity index (χ0v) is 7.78. The summed E-state index contributed by atoms with van der Waals surface area (Å²) < 4.78 is 1.24. The van der Waals surface area contributed by atoms with Crippen molar-refractivity contribution in [3.63, 3.8) is 0 Å². The number of pyridine rings is 1. The summed E-state index contributed by atoms with van der Waals surface area (Å²) in [7, 11) is 0. The molecule has 0 aromatic carbocycles. The number of hydrogen-bond donors (Lipinski definition) is 2. The molecule has 3 N–H and O–H groups in total. The van der Waals surface area contributed by atoms with Crippen LogP contribution in [0.25, 0.3) is 0 Å². The standard InChI is InChI=1S/C8H9N7/c9-15-6-12-14-8(15)13-11-5-7-1-3-10-4-2-7/h1-6H,9H2,(H,13,14)/b11-5+. The topological polar surface area (TPSA) is 94.0 Å². The second-order valence-corrected chi connectivity index (χ2v) is 2.71. The molecule has 0 saturated carbocycles. The van der Waals surface area contributed by atoms with Gasteiger partial charge in [0.25, 0.3) is 5.95 Å². The molecule has 0 saturated heterocycles. The number of nitrogens with one attached hydrogen (secondary N) is 1. The van der Waals surface area contributed by atoms with Gasteiger partial charge in [0.15, 0.2) is 0 Å². The monoisotopic (exact) mass is 203 g/mol. The van der Waals surface area contributed by atoms with Gasteiger partial charge >= 0.3 is 0 Å². The second kappa shape index (κ2) is 4.18. The molecule has 0 aliphatic rings. The molecular formula is C8H9N7. The zero-order chi connectivity index (χ0) is 10.5. The van der Waals surface area contributed by atoms with Crippen molar-refractivity contribution in [2.45, 2.75) is 0 Å². The van der Waals surface area contributed by atoms with Gasteiger partial charge in [-0.3, -0.25) is 4.98 Å². The third-order valence-corrected chi connectivity index (χ3v) is 1.66. The number of nitrogen functional groups attached to an aromatic ring is 1. The van der Waals surface area contributed by atoms with Gasteiger partial charge in [0.1, 0.15) is 6.33 Å². The number of nitrogens with zero attached hydrogens (tertiary/aromatic N) is 5. The molecule has 0 unspecified atom stereocenters. The molecule has 0 aliphatic carbocycles. The molecule has 0 fully saturated rings. The van der Waals surface area contributed by atoms with Crippen molar-refractivity contribution in [3.8, 4) is 0 Å². The zero-order valence-electron chi connectivity index (χ0n) is 7.78. The quantitative estimate of drug-likeness (QED) is 0.410. The molecule has 2 aromatic heterocycles. The summed E-state index contributed by atoms with van der Waals surface area (Å²) in [5.74, 6) is 5.84. The maximum Gasteiger partial charge on any atom is 0.263 e. The molecule has 2 aromatic rings. The van der Waals surface area contributed by atoms with Crippen LogP contribution in [-0.4, -0.2) is 26.1 Å². The first-order valence-electron chi connectivity index (χ1n) is 4.20. The van der Waals surface area contributed by atoms with Crippen LogP contribution in [-0.2, 0) is 0 Å². The van der Waals surface area contributed by atoms with Crippen molar-refractivity contribution in [3.05, 3.63) is 36.4 Å². The Bertz CT molecular complexity index is 447. The molecule has 15 heavy (non-hydrogen) atoms. The lowest BCUT2D eigenvalue weighted by Gasteiger charge is -1.96. The van der Waals surface area contributed by atoms with E-state index in [4.69, 9.17) is 5.84 Å². The molecule has 0 atom stereocenters. The summed E-state index contributed by atoms with van der Waals surface area (Å²) in [5, 5.41) is 11.2. The van der Waals surface area contributed by atoms with E-state index in [1.54, 1.807) is 18.6 Å². The Labute approximate surface area is 85.6 Å². The van der Waals surface area contributed by atoms with Crippen molar-refractivity contribution in [2.75, 3.05) is 11.3 Å². The lowest BCUT2D eigenvalue weighted by atomic mass is 10.3. The van der Waals surface area contributed by atoms with Crippen molar-refractivity contribution in [1.29, 1.82) is 0 Å². The molecule has 0 bridgehead atoms. The van der Waals surface area contributed by atoms with E-state index in [9.17, 15) is 0 Å². The minimum atomic E-state index is 0.375. The smallest absolute Gasteiger partial charge is 0.263 e. The fourth-order valence-electron chi connectivity index (χ4n) is 0.937. The maximum absolute atomic E-state index is 5.47. The number of hydrazone groups is 1. The Hall–Kier alpha value is -2.44. The summed E-state index contributed by atoms with van der Waals surface area (Å²) in [6.45, 7) is 0. The third kappa shape index (κ3) is 2.27. The number of anilines is 1. The molecule has 7 nitrogen and oxygen atoms in total. The van der Waals surface area contributed by atoms with Gasteiger partial charge in [0.05, 0.1) is 6.21 Å². The number of rotatable bonds is 3. The minimum Gasteiger partial charge on any atom is -0.335 e. The molecule has 2 rings (SSSR count). The average molecular weight is 203 g/mol. The van der Waals surface area contributed by atoms with Crippen LogP contribution < -0.4 is 11.3 Å². The van der Waals surface area contributed by atoms with Crippen molar-refractivity contribution in [2.24, 2.45) is 5.10 Å². The fourth-order valence-corrected chi connectivity index (χ4v) is 0.937. The van der Waals surface area contributed by atoms with E-state index in [1.807, 2.05) is 12.1 Å². The average Bonchev–Trinajstić information content (AvgIpc) is 2.66. The largest absolute Gasteiger partial charge is 0.335 e. The lowest BCUT2D eigenvalue weighted by molar-refractivity contribution is 0.988. The summed E-state index contributed by atoms with van der Waals surface area (Å²) in [5.41, 5.74) is 3.59. The first-order chi connectivity index (χ1) is 7.36. The Morgan fingerprint density at radius 2 is 2.20 bits per heavy atom. The van der Waals surface area contributed by atoms with Crippen LogP contribution in [0.5, 0.6) is 0 Å². The van der Waals surface area contributed by atoms with Crippen LogP contribution in [0.1, 0.15) is 5.56 Å². The molecule has 76 valence electrons. The van der Waals surface area contributed by atoms with Gasteiger partial charge in [-0.05, 0) is 17.7 Å². The van der Waals surface area contributed by atoms with Gasteiger partial charge in [0.2, 0.25) is 0 Å². The maximum atomic E-state index is 5.47. The van der Waals surface area contributed by atoms with Gasteiger partial charge in [-0.2, -0.15) is 5.10 Å². The summed E-state index contributed by atoms with van der Waals surface area (Å²) in [6, 6.07) is 3.66. The number of aromatic nitrogens is 4. The van der Waals surface area contributed by atoms with Crippen LogP contribution >= 0.6 is 0 Å². The van der Waals surface area contributed by atoms with Crippen LogP contribution in [0.15, 0.2) is 36.0 Å². The Kier molecular flexibility index (Phi) is 2.54. The van der Waals surface area contributed by atoms with E-state index in [2.05, 4.69) is 25.7 Å². The van der Waals surface area contributed by atoms with Crippen molar-refractivity contribution >= 4 is 12.2 Å². The Morgan fingerprint density at radius 1 is 1.40 bits per heavy atom. The van der Waals surface area contributed by atoms with Crippen LogP contribution in [0.4, 0.5) is 5.95 Å². The fraction of sp³-hybridized carbons (Fsp3) is 0. The first-order valence-corrected chi connectivity index (χ1v) is 4.20. The van der Waals surface area contributed by atoms with E-state index in [0.717, 1.165) is 5.56 Å². The summed E-state index contributed by atoms with van der Waals surface area (Å²) in [6.07, 6.45) is 6.39. The van der Waals surface area contributed by atoms with E-state index in [1.165, 1.54) is 11.0 Å². The second-order valence-electron chi connectivity index (χ2n) is 2.71. The first kappa shape index (κ1) is 9.13. The normalized spacial score (nSPS) is 10.7. The number of nitrogens with two attached hydrogens (primary N) is 1. The lowest BCUT2D eigenvalue weighted by Crippen LogP contribution is -2.10. The molecule has 0 radical (unpaired) electrons. The van der Waals surface area contributed by atoms with E-state index in [-0.39, 0.29) is 0 Å². The highest BCUT2D eigenvalue weighted by Crippen LogP contribution is 1.96. The SMILES string of the molecule is Nn1cnnc1N/N=C/c1ccncc1. The Balaban J connectivity index is 2.00. The molecule has 2 heterocycles. The van der Waals surface area contributed by atoms with Gasteiger partial charge in [-0.15, -0.1) is 10.2 Å². The molecule has 0 aliphatic heterocycles. The highest BCUT2D eigenvalue weighted by molar-refractivity contribution is 5.79. The molecule has 7 heteroatoms. The highest BCUT2D eigenvalue weighted by atomic mass is 15.5. The van der Waals surface area contributed by atoms with E-state index < -0.39 is 0 Å². The van der Waals surface area contributed by atoms with E-state index >= 15 is 0 Å². The number of hydrogen-bond acceptors (Lipinski definition) is 6. The minimum absolute atomic E-state index is 0.375. The third-order valence-electron chi connectivity index (χ3n) is 1.66. The van der Waals surface area contributed by atoms with Crippen LogP contribution in [0.3, 0.4) is 0 Å². The van der Waals surface area contributed by atoms with Crippen LogP contribution in [0, 0.1) is 0 Å². The van der Waals surface area contributed by atoms with Crippen molar-refractivity contribution in [1.82, 2.24) is 19.9 Å². The molecular weight excluding hydrogens is 194 g/mol. The van der Waals surface area contributed by atoms with Crippen LogP contribution in [0.2, 0.25) is 0 Å². The molecule has 0 amide bonds. The summed E-state index contributed by atoms with van der Waals surface area (Å²) in [4.78, 5) is 3.89. The Morgan fingerprint density at radius 3 is 2.87 bits per heavy atom. The van der Waals surface area contributed by atoms with Crippen molar-refractivity contribution < 1.29 is 0 Å².